The molecule has 0 spiro atoms. The molecule has 6 nitrogen and oxygen atoms in total. The van der Waals surface area contributed by atoms with Crippen molar-refractivity contribution in [3.63, 3.8) is 0 Å². The molecule has 0 bridgehead atoms. The number of nitrogens with zero attached hydrogens (tertiary/aromatic N) is 3. The van der Waals surface area contributed by atoms with Crippen LogP contribution in [0.15, 0.2) is 36.7 Å². The van der Waals surface area contributed by atoms with Crippen LogP contribution in [0.1, 0.15) is 36.7 Å². The molecular weight excluding hydrogens is 266 g/mol. The summed E-state index contributed by atoms with van der Waals surface area (Å²) < 4.78 is 0. The Bertz CT molecular complexity index is 569. The number of rotatable bonds is 3. The molecule has 1 aliphatic heterocycles. The molecule has 2 amide bonds. The Kier molecular flexibility index (Phi) is 4.14. The number of piperidine rings is 1. The van der Waals surface area contributed by atoms with Gasteiger partial charge in [0, 0.05) is 13.1 Å². The van der Waals surface area contributed by atoms with Crippen LogP contribution < -0.4 is 5.32 Å². The van der Waals surface area contributed by atoms with Crippen molar-refractivity contribution in [2.24, 2.45) is 0 Å². The van der Waals surface area contributed by atoms with Gasteiger partial charge in [-0.3, -0.25) is 5.10 Å². The van der Waals surface area contributed by atoms with E-state index in [0.717, 1.165) is 37.2 Å². The molecule has 110 valence electrons. The minimum Gasteiger partial charge on any atom is -0.334 e. The molecule has 1 saturated heterocycles. The Morgan fingerprint density at radius 2 is 2.19 bits per heavy atom. The summed E-state index contributed by atoms with van der Waals surface area (Å²) in [5.74, 6) is 0.768. The van der Waals surface area contributed by atoms with Crippen LogP contribution in [0.4, 0.5) is 4.79 Å². The summed E-state index contributed by atoms with van der Waals surface area (Å²) >= 11 is 0. The van der Waals surface area contributed by atoms with E-state index >= 15 is 0 Å². The zero-order valence-electron chi connectivity index (χ0n) is 11.8. The summed E-state index contributed by atoms with van der Waals surface area (Å²) in [5, 5.41) is 9.76. The Labute approximate surface area is 123 Å². The third-order valence-electron chi connectivity index (χ3n) is 3.80. The van der Waals surface area contributed by atoms with E-state index in [1.807, 2.05) is 35.2 Å². The van der Waals surface area contributed by atoms with Gasteiger partial charge in [0.25, 0.3) is 0 Å². The Balaban J connectivity index is 1.64. The number of hydrogen-bond donors (Lipinski definition) is 2. The first-order valence-corrected chi connectivity index (χ1v) is 7.28. The van der Waals surface area contributed by atoms with Crippen molar-refractivity contribution in [3.05, 3.63) is 48.0 Å². The van der Waals surface area contributed by atoms with Crippen LogP contribution in [0.3, 0.4) is 0 Å². The molecule has 0 radical (unpaired) electrons. The Morgan fingerprint density at radius 1 is 1.33 bits per heavy atom. The lowest BCUT2D eigenvalue weighted by Gasteiger charge is -2.34. The number of amides is 2. The van der Waals surface area contributed by atoms with Gasteiger partial charge < -0.3 is 10.2 Å². The van der Waals surface area contributed by atoms with Gasteiger partial charge in [-0.25, -0.2) is 9.78 Å². The molecule has 6 heteroatoms. The molecule has 1 aromatic heterocycles. The van der Waals surface area contributed by atoms with Crippen molar-refractivity contribution in [2.45, 2.75) is 31.8 Å². The number of benzene rings is 1. The summed E-state index contributed by atoms with van der Waals surface area (Å²) in [6.45, 7) is 1.30. The number of urea groups is 1. The van der Waals surface area contributed by atoms with E-state index in [1.165, 1.54) is 6.33 Å². The second-order valence-corrected chi connectivity index (χ2v) is 5.22. The topological polar surface area (TPSA) is 73.9 Å². The third-order valence-corrected chi connectivity index (χ3v) is 3.80. The van der Waals surface area contributed by atoms with Gasteiger partial charge in [0.15, 0.2) is 0 Å². The minimum absolute atomic E-state index is 0.00276. The molecule has 0 aliphatic carbocycles. The molecule has 0 saturated carbocycles. The van der Waals surface area contributed by atoms with E-state index in [-0.39, 0.29) is 12.1 Å². The predicted octanol–water partition coefficient (Wildman–Crippen LogP) is 2.24. The average Bonchev–Trinajstić information content (AvgIpc) is 3.08. The minimum atomic E-state index is -0.0417. The molecule has 21 heavy (non-hydrogen) atoms. The van der Waals surface area contributed by atoms with Crippen LogP contribution in [0, 0.1) is 0 Å². The first-order chi connectivity index (χ1) is 10.3. The first kappa shape index (κ1) is 13.6. The van der Waals surface area contributed by atoms with E-state index in [1.54, 1.807) is 0 Å². The number of carbonyl (C=O) groups is 1. The lowest BCUT2D eigenvalue weighted by atomic mass is 10.0. The fraction of sp³-hybridized carbons (Fsp3) is 0.400. The van der Waals surface area contributed by atoms with E-state index in [2.05, 4.69) is 20.5 Å². The number of aromatic amines is 1. The molecule has 2 aromatic rings. The van der Waals surface area contributed by atoms with Crippen molar-refractivity contribution >= 4 is 6.03 Å². The Hall–Kier alpha value is -2.37. The second kappa shape index (κ2) is 6.39. The summed E-state index contributed by atoms with van der Waals surface area (Å²) in [6, 6.07) is 9.88. The van der Waals surface area contributed by atoms with Gasteiger partial charge in [-0.05, 0) is 24.8 Å². The molecule has 1 fully saturated rings. The van der Waals surface area contributed by atoms with Crippen LogP contribution in [0.5, 0.6) is 0 Å². The maximum Gasteiger partial charge on any atom is 0.318 e. The SMILES string of the molecule is O=C(NCc1ccccc1)N1CCCC[C@H]1c1ncn[nH]1. The number of H-pyrrole nitrogens is 1. The van der Waals surface area contributed by atoms with Gasteiger partial charge in [-0.1, -0.05) is 30.3 Å². The number of hydrogen-bond acceptors (Lipinski definition) is 3. The molecule has 2 N–H and O–H groups in total. The van der Waals surface area contributed by atoms with Crippen LogP contribution in [-0.2, 0) is 6.54 Å². The average molecular weight is 285 g/mol. The summed E-state index contributed by atoms with van der Waals surface area (Å²) in [4.78, 5) is 18.5. The lowest BCUT2D eigenvalue weighted by molar-refractivity contribution is 0.147. The van der Waals surface area contributed by atoms with Crippen molar-refractivity contribution in [2.75, 3.05) is 6.54 Å². The predicted molar refractivity (Wildman–Crippen MR) is 78.4 cm³/mol. The fourth-order valence-corrected chi connectivity index (χ4v) is 2.71. The molecule has 0 unspecified atom stereocenters. The van der Waals surface area contributed by atoms with Gasteiger partial charge >= 0.3 is 6.03 Å². The summed E-state index contributed by atoms with van der Waals surface area (Å²) in [5.41, 5.74) is 1.10. The Morgan fingerprint density at radius 3 is 2.95 bits per heavy atom. The van der Waals surface area contributed by atoms with E-state index in [9.17, 15) is 4.79 Å². The lowest BCUT2D eigenvalue weighted by Crippen LogP contribution is -2.44. The largest absolute Gasteiger partial charge is 0.334 e. The zero-order chi connectivity index (χ0) is 14.5. The van der Waals surface area contributed by atoms with Crippen LogP contribution >= 0.6 is 0 Å². The number of nitrogens with one attached hydrogen (secondary N) is 2. The van der Waals surface area contributed by atoms with E-state index < -0.39 is 0 Å². The van der Waals surface area contributed by atoms with Crippen molar-refractivity contribution < 1.29 is 4.79 Å². The fourth-order valence-electron chi connectivity index (χ4n) is 2.71. The monoisotopic (exact) mass is 285 g/mol. The second-order valence-electron chi connectivity index (χ2n) is 5.22. The van der Waals surface area contributed by atoms with Crippen LogP contribution in [0.2, 0.25) is 0 Å². The summed E-state index contributed by atoms with van der Waals surface area (Å²) in [6.07, 6.45) is 4.55. The molecule has 1 aliphatic rings. The zero-order valence-corrected chi connectivity index (χ0v) is 11.8. The molecular formula is C15H19N5O. The van der Waals surface area contributed by atoms with Crippen molar-refractivity contribution in [1.82, 2.24) is 25.4 Å². The molecule has 1 atom stereocenters. The molecule has 1 aromatic carbocycles. The number of aromatic nitrogens is 3. The van der Waals surface area contributed by atoms with Gasteiger partial charge in [0.2, 0.25) is 0 Å². The van der Waals surface area contributed by atoms with E-state index in [4.69, 9.17) is 0 Å². The highest BCUT2D eigenvalue weighted by molar-refractivity contribution is 5.74. The van der Waals surface area contributed by atoms with E-state index in [0.29, 0.717) is 6.54 Å². The molecule has 3 rings (SSSR count). The highest BCUT2D eigenvalue weighted by Gasteiger charge is 2.29. The first-order valence-electron chi connectivity index (χ1n) is 7.28. The number of likely N-dealkylation sites (tertiary alicyclic amines) is 1. The van der Waals surface area contributed by atoms with Gasteiger partial charge in [0.05, 0.1) is 6.04 Å². The highest BCUT2D eigenvalue weighted by Crippen LogP contribution is 2.28. The maximum absolute atomic E-state index is 12.4. The van der Waals surface area contributed by atoms with Crippen LogP contribution in [0.25, 0.3) is 0 Å². The van der Waals surface area contributed by atoms with Crippen LogP contribution in [-0.4, -0.2) is 32.7 Å². The maximum atomic E-state index is 12.4. The van der Waals surface area contributed by atoms with Crippen molar-refractivity contribution in [1.29, 1.82) is 0 Å². The summed E-state index contributed by atoms with van der Waals surface area (Å²) in [7, 11) is 0. The number of carbonyl (C=O) groups excluding carboxylic acids is 1. The standard InChI is InChI=1S/C15H19N5O/c21-15(16-10-12-6-2-1-3-7-12)20-9-5-4-8-13(20)14-17-11-18-19-14/h1-3,6-7,11,13H,4-5,8-10H2,(H,16,21)(H,17,18,19)/t13-/m0/s1. The van der Waals surface area contributed by atoms with Crippen molar-refractivity contribution in [3.8, 4) is 0 Å². The van der Waals surface area contributed by atoms with Gasteiger partial charge in [-0.2, -0.15) is 5.10 Å². The third kappa shape index (κ3) is 3.21. The quantitative estimate of drug-likeness (QED) is 0.908. The smallest absolute Gasteiger partial charge is 0.318 e. The normalized spacial score (nSPS) is 18.5. The van der Waals surface area contributed by atoms with Gasteiger partial charge in [-0.15, -0.1) is 0 Å². The highest BCUT2D eigenvalue weighted by atomic mass is 16.2. The molecule has 2 heterocycles. The van der Waals surface area contributed by atoms with Gasteiger partial charge in [0.1, 0.15) is 12.2 Å².